The summed E-state index contributed by atoms with van der Waals surface area (Å²) < 4.78 is 7.35. The second kappa shape index (κ2) is 7.69. The molecule has 1 aromatic heterocycles. The molecule has 0 aliphatic carbocycles. The van der Waals surface area contributed by atoms with E-state index in [0.717, 1.165) is 49.8 Å². The highest BCUT2D eigenvalue weighted by Gasteiger charge is 2.31. The first-order valence-corrected chi connectivity index (χ1v) is 10.5. The number of nitrogens with zero attached hydrogens (tertiary/aromatic N) is 4. The van der Waals surface area contributed by atoms with Gasteiger partial charge in [0.2, 0.25) is 0 Å². The van der Waals surface area contributed by atoms with Crippen LogP contribution in [0.3, 0.4) is 0 Å². The minimum atomic E-state index is -0.474. The molecule has 0 bridgehead atoms. The summed E-state index contributed by atoms with van der Waals surface area (Å²) in [6.07, 6.45) is 2.45. The molecular weight excluding hydrogens is 368 g/mol. The predicted octanol–water partition coefficient (Wildman–Crippen LogP) is 3.53. The molecule has 2 aliphatic heterocycles. The Morgan fingerprint density at radius 2 is 1.86 bits per heavy atom. The Morgan fingerprint density at radius 3 is 2.59 bits per heavy atom. The second-order valence-electron chi connectivity index (χ2n) is 9.10. The first kappa shape index (κ1) is 19.7. The second-order valence-corrected chi connectivity index (χ2v) is 9.10. The van der Waals surface area contributed by atoms with E-state index in [2.05, 4.69) is 5.10 Å². The van der Waals surface area contributed by atoms with Crippen molar-refractivity contribution in [1.82, 2.24) is 19.6 Å². The van der Waals surface area contributed by atoms with Gasteiger partial charge >= 0.3 is 6.09 Å². The Morgan fingerprint density at radius 1 is 1.14 bits per heavy atom. The summed E-state index contributed by atoms with van der Waals surface area (Å²) in [5.74, 6) is 0.476. The molecule has 2 aromatic rings. The van der Waals surface area contributed by atoms with Crippen molar-refractivity contribution in [2.45, 2.75) is 52.2 Å². The highest BCUT2D eigenvalue weighted by molar-refractivity contribution is 6.05. The van der Waals surface area contributed by atoms with Crippen LogP contribution in [0.4, 0.5) is 4.79 Å². The number of carbonyl (C=O) groups is 2. The maximum atomic E-state index is 13.3. The van der Waals surface area contributed by atoms with Gasteiger partial charge in [0.05, 0.1) is 5.52 Å². The number of aryl methyl sites for hydroxylation is 1. The fourth-order valence-electron chi connectivity index (χ4n) is 4.24. The van der Waals surface area contributed by atoms with Crippen molar-refractivity contribution in [2.75, 3.05) is 26.2 Å². The van der Waals surface area contributed by atoms with Crippen LogP contribution in [0.25, 0.3) is 10.9 Å². The van der Waals surface area contributed by atoms with Crippen LogP contribution in [0.1, 0.15) is 50.5 Å². The third kappa shape index (κ3) is 4.23. The number of aromatic nitrogens is 2. The van der Waals surface area contributed by atoms with Crippen molar-refractivity contribution >= 4 is 22.9 Å². The van der Waals surface area contributed by atoms with Crippen LogP contribution in [0.2, 0.25) is 0 Å². The molecule has 156 valence electrons. The molecule has 29 heavy (non-hydrogen) atoms. The molecule has 7 nitrogen and oxygen atoms in total. The SMILES string of the molecule is CC(C)(C)OC(=O)N1CCC(CN2CCCn3nc4ccccc4c3C2=O)CC1. The number of carbonyl (C=O) groups excluding carboxylic acids is 2. The van der Waals surface area contributed by atoms with Crippen molar-refractivity contribution in [3.05, 3.63) is 30.0 Å². The molecule has 2 amide bonds. The van der Waals surface area contributed by atoms with E-state index in [1.807, 2.05) is 54.6 Å². The Balaban J connectivity index is 1.40. The van der Waals surface area contributed by atoms with Crippen molar-refractivity contribution < 1.29 is 14.3 Å². The Bertz CT molecular complexity index is 906. The maximum Gasteiger partial charge on any atom is 0.410 e. The zero-order chi connectivity index (χ0) is 20.6. The van der Waals surface area contributed by atoms with E-state index in [4.69, 9.17) is 4.74 Å². The lowest BCUT2D eigenvalue weighted by atomic mass is 9.96. The third-order valence-electron chi connectivity index (χ3n) is 5.68. The fourth-order valence-corrected chi connectivity index (χ4v) is 4.24. The van der Waals surface area contributed by atoms with Gasteiger partial charge in [-0.25, -0.2) is 4.79 Å². The zero-order valence-corrected chi connectivity index (χ0v) is 17.6. The lowest BCUT2D eigenvalue weighted by molar-refractivity contribution is 0.0167. The van der Waals surface area contributed by atoms with Crippen molar-refractivity contribution in [1.29, 1.82) is 0 Å². The predicted molar refractivity (Wildman–Crippen MR) is 111 cm³/mol. The van der Waals surface area contributed by atoms with E-state index in [1.165, 1.54) is 0 Å². The molecule has 1 saturated heterocycles. The average Bonchev–Trinajstić information content (AvgIpc) is 2.96. The number of amides is 2. The molecule has 0 spiro atoms. The number of ether oxygens (including phenoxy) is 1. The van der Waals surface area contributed by atoms with Gasteiger partial charge in [-0.15, -0.1) is 0 Å². The van der Waals surface area contributed by atoms with Crippen molar-refractivity contribution in [3.63, 3.8) is 0 Å². The zero-order valence-electron chi connectivity index (χ0n) is 17.6. The number of piperidine rings is 1. The van der Waals surface area contributed by atoms with Gasteiger partial charge in [0.25, 0.3) is 5.91 Å². The molecule has 7 heteroatoms. The van der Waals surface area contributed by atoms with E-state index in [-0.39, 0.29) is 12.0 Å². The Kier molecular flexibility index (Phi) is 5.23. The number of fused-ring (bicyclic) bond motifs is 3. The van der Waals surface area contributed by atoms with Crippen molar-refractivity contribution in [2.24, 2.45) is 5.92 Å². The maximum absolute atomic E-state index is 13.3. The van der Waals surface area contributed by atoms with Crippen LogP contribution >= 0.6 is 0 Å². The van der Waals surface area contributed by atoms with Crippen LogP contribution in [-0.2, 0) is 11.3 Å². The molecule has 0 saturated carbocycles. The molecular formula is C22H30N4O3. The van der Waals surface area contributed by atoms with E-state index >= 15 is 0 Å². The van der Waals surface area contributed by atoms with Gasteiger partial charge in [0.15, 0.2) is 0 Å². The molecule has 2 aliphatic rings. The van der Waals surface area contributed by atoms with Crippen molar-refractivity contribution in [3.8, 4) is 0 Å². The van der Waals surface area contributed by atoms with Gasteiger partial charge in [-0.3, -0.25) is 9.48 Å². The average molecular weight is 399 g/mol. The molecule has 1 fully saturated rings. The summed E-state index contributed by atoms with van der Waals surface area (Å²) in [4.78, 5) is 29.3. The molecule has 0 unspecified atom stereocenters. The van der Waals surface area contributed by atoms with Crippen LogP contribution < -0.4 is 0 Å². The van der Waals surface area contributed by atoms with Crippen LogP contribution in [0, 0.1) is 5.92 Å². The summed E-state index contributed by atoms with van der Waals surface area (Å²) in [5.41, 5.74) is 1.12. The molecule has 0 atom stereocenters. The van der Waals surface area contributed by atoms with E-state index in [0.29, 0.717) is 24.7 Å². The third-order valence-corrected chi connectivity index (χ3v) is 5.68. The summed E-state index contributed by atoms with van der Waals surface area (Å²) >= 11 is 0. The summed E-state index contributed by atoms with van der Waals surface area (Å²) in [7, 11) is 0. The quantitative estimate of drug-likeness (QED) is 0.776. The van der Waals surface area contributed by atoms with E-state index in [1.54, 1.807) is 4.90 Å². The van der Waals surface area contributed by atoms with Gasteiger partial charge in [-0.1, -0.05) is 18.2 Å². The summed E-state index contributed by atoms with van der Waals surface area (Å²) in [5, 5.41) is 5.55. The van der Waals surface area contributed by atoms with Gasteiger partial charge in [-0.05, 0) is 52.0 Å². The van der Waals surface area contributed by atoms with E-state index < -0.39 is 5.60 Å². The molecule has 3 heterocycles. The van der Waals surface area contributed by atoms with Gasteiger partial charge in [0.1, 0.15) is 11.3 Å². The summed E-state index contributed by atoms with van der Waals surface area (Å²) in [6, 6.07) is 7.85. The van der Waals surface area contributed by atoms with Crippen LogP contribution in [-0.4, -0.2) is 63.4 Å². The van der Waals surface area contributed by atoms with Gasteiger partial charge in [0, 0.05) is 38.1 Å². The lowest BCUT2D eigenvalue weighted by Crippen LogP contribution is -2.44. The highest BCUT2D eigenvalue weighted by atomic mass is 16.6. The summed E-state index contributed by atoms with van der Waals surface area (Å²) in [6.45, 7) is 9.28. The monoisotopic (exact) mass is 398 g/mol. The molecule has 4 rings (SSSR count). The van der Waals surface area contributed by atoms with E-state index in [9.17, 15) is 9.59 Å². The van der Waals surface area contributed by atoms with Crippen LogP contribution in [0.15, 0.2) is 24.3 Å². The fraction of sp³-hybridized carbons (Fsp3) is 0.591. The highest BCUT2D eigenvalue weighted by Crippen LogP contribution is 2.26. The standard InChI is InChI=1S/C22H30N4O3/c1-22(2,3)29-21(28)24-13-9-16(10-14-24)15-25-11-6-12-26-19(20(25)27)17-7-4-5-8-18(17)23-26/h4-5,7-8,16H,6,9-15H2,1-3H3. The minimum absolute atomic E-state index is 0.0748. The number of hydrogen-bond acceptors (Lipinski definition) is 4. The smallest absolute Gasteiger partial charge is 0.410 e. The minimum Gasteiger partial charge on any atom is -0.444 e. The lowest BCUT2D eigenvalue weighted by Gasteiger charge is -2.35. The number of likely N-dealkylation sites (tertiary alicyclic amines) is 1. The normalized spacial score (nSPS) is 18.7. The first-order valence-electron chi connectivity index (χ1n) is 10.5. The Labute approximate surface area is 171 Å². The topological polar surface area (TPSA) is 67.7 Å². The molecule has 1 aromatic carbocycles. The largest absolute Gasteiger partial charge is 0.444 e. The van der Waals surface area contributed by atoms with Gasteiger partial charge < -0.3 is 14.5 Å². The molecule has 0 radical (unpaired) electrons. The van der Waals surface area contributed by atoms with Crippen LogP contribution in [0.5, 0.6) is 0 Å². The number of hydrogen-bond donors (Lipinski definition) is 0. The first-order chi connectivity index (χ1) is 13.8. The number of rotatable bonds is 2. The Hall–Kier alpha value is -2.57. The number of benzene rings is 1. The van der Waals surface area contributed by atoms with Gasteiger partial charge in [-0.2, -0.15) is 5.10 Å². The molecule has 0 N–H and O–H groups in total.